The van der Waals surface area contributed by atoms with Gasteiger partial charge < -0.3 is 19.6 Å². The molecule has 2 N–H and O–H groups in total. The minimum Gasteiger partial charge on any atom is -0.418 e. The summed E-state index contributed by atoms with van der Waals surface area (Å²) in [7, 11) is 3.72. The highest BCUT2D eigenvalue weighted by molar-refractivity contribution is 7.08. The second-order valence-electron chi connectivity index (χ2n) is 6.83. The van der Waals surface area contributed by atoms with Crippen LogP contribution in [-0.2, 0) is 13.6 Å². The molecular weight excluding hydrogens is 400 g/mol. The highest BCUT2D eigenvalue weighted by Crippen LogP contribution is 2.31. The third kappa shape index (κ3) is 3.09. The molecular formula is C21H18N6O2S. The van der Waals surface area contributed by atoms with Crippen LogP contribution in [-0.4, -0.2) is 32.5 Å². The molecule has 1 amide bonds. The van der Waals surface area contributed by atoms with Crippen molar-refractivity contribution >= 4 is 45.3 Å². The van der Waals surface area contributed by atoms with Crippen molar-refractivity contribution in [1.29, 1.82) is 0 Å². The van der Waals surface area contributed by atoms with Crippen molar-refractivity contribution in [3.63, 3.8) is 0 Å². The van der Waals surface area contributed by atoms with Gasteiger partial charge in [-0.3, -0.25) is 4.79 Å². The summed E-state index contributed by atoms with van der Waals surface area (Å²) in [6.45, 7) is 0.414. The fourth-order valence-electron chi connectivity index (χ4n) is 3.37. The van der Waals surface area contributed by atoms with Gasteiger partial charge in [0.25, 0.3) is 11.6 Å². The summed E-state index contributed by atoms with van der Waals surface area (Å²) >= 11 is 1.50. The number of rotatable bonds is 5. The van der Waals surface area contributed by atoms with Gasteiger partial charge in [0, 0.05) is 37.1 Å². The number of hydrogen-bond acceptors (Lipinski definition) is 7. The number of pyridine rings is 1. The van der Waals surface area contributed by atoms with Crippen LogP contribution in [0.15, 0.2) is 51.8 Å². The summed E-state index contributed by atoms with van der Waals surface area (Å²) in [6.07, 6.45) is 1.73. The van der Waals surface area contributed by atoms with E-state index in [0.717, 1.165) is 22.2 Å². The molecule has 30 heavy (non-hydrogen) atoms. The molecule has 5 rings (SSSR count). The van der Waals surface area contributed by atoms with Crippen molar-refractivity contribution in [3.8, 4) is 11.5 Å². The summed E-state index contributed by atoms with van der Waals surface area (Å²) < 4.78 is 7.88. The van der Waals surface area contributed by atoms with Crippen molar-refractivity contribution in [1.82, 2.24) is 24.8 Å². The number of oxazole rings is 1. The molecule has 150 valence electrons. The highest BCUT2D eigenvalue weighted by atomic mass is 32.1. The molecule has 5 aromatic rings. The van der Waals surface area contributed by atoms with Gasteiger partial charge in [-0.25, -0.2) is 9.97 Å². The fourth-order valence-corrected chi connectivity index (χ4v) is 4.01. The molecule has 0 aliphatic rings. The lowest BCUT2D eigenvalue weighted by Gasteiger charge is -2.05. The van der Waals surface area contributed by atoms with Gasteiger partial charge in [0.2, 0.25) is 5.89 Å². The van der Waals surface area contributed by atoms with Crippen LogP contribution in [0.25, 0.3) is 33.7 Å². The second-order valence-corrected chi connectivity index (χ2v) is 7.61. The van der Waals surface area contributed by atoms with Crippen LogP contribution in [0, 0.1) is 0 Å². The van der Waals surface area contributed by atoms with E-state index in [-0.39, 0.29) is 5.91 Å². The Morgan fingerprint density at radius 2 is 2.13 bits per heavy atom. The van der Waals surface area contributed by atoms with Crippen LogP contribution < -0.4 is 10.6 Å². The Bertz CT molecular complexity index is 1370. The molecule has 4 heterocycles. The van der Waals surface area contributed by atoms with E-state index in [9.17, 15) is 4.79 Å². The average Bonchev–Trinajstić information content (AvgIpc) is 3.51. The van der Waals surface area contributed by atoms with E-state index >= 15 is 0 Å². The first-order valence-electron chi connectivity index (χ1n) is 9.33. The van der Waals surface area contributed by atoms with Crippen LogP contribution >= 0.6 is 11.3 Å². The molecule has 0 saturated heterocycles. The van der Waals surface area contributed by atoms with Gasteiger partial charge >= 0.3 is 0 Å². The minimum atomic E-state index is -0.0917. The van der Waals surface area contributed by atoms with E-state index in [1.54, 1.807) is 19.4 Å². The Kier molecular flexibility index (Phi) is 4.44. The molecule has 0 atom stereocenters. The van der Waals surface area contributed by atoms with Crippen molar-refractivity contribution < 1.29 is 9.21 Å². The number of benzene rings is 1. The van der Waals surface area contributed by atoms with E-state index in [1.165, 1.54) is 11.3 Å². The van der Waals surface area contributed by atoms with Gasteiger partial charge in [-0.1, -0.05) is 12.1 Å². The summed E-state index contributed by atoms with van der Waals surface area (Å²) in [4.78, 5) is 25.8. The SMILES string of the molecule is CNc1nc2oc(-c3cccc(CNC(=O)c4ccsc4)c3)nc2c2c1ncn2C. The van der Waals surface area contributed by atoms with Gasteiger partial charge in [0.05, 0.1) is 6.33 Å². The molecule has 0 fully saturated rings. The van der Waals surface area contributed by atoms with Crippen LogP contribution in [0.5, 0.6) is 0 Å². The molecule has 0 spiro atoms. The summed E-state index contributed by atoms with van der Waals surface area (Å²) in [5, 5.41) is 9.71. The molecule has 0 aliphatic heterocycles. The Balaban J connectivity index is 1.48. The predicted molar refractivity (Wildman–Crippen MR) is 117 cm³/mol. The highest BCUT2D eigenvalue weighted by Gasteiger charge is 2.18. The number of carbonyl (C=O) groups is 1. The molecule has 0 saturated carbocycles. The minimum absolute atomic E-state index is 0.0917. The maximum Gasteiger partial charge on any atom is 0.252 e. The maximum absolute atomic E-state index is 12.2. The maximum atomic E-state index is 12.2. The lowest BCUT2D eigenvalue weighted by molar-refractivity contribution is 0.0951. The Labute approximate surface area is 175 Å². The lowest BCUT2D eigenvalue weighted by Crippen LogP contribution is -2.22. The molecule has 4 aromatic heterocycles. The fraction of sp³-hybridized carbons (Fsp3) is 0.143. The first-order chi connectivity index (χ1) is 14.6. The monoisotopic (exact) mass is 418 g/mol. The summed E-state index contributed by atoms with van der Waals surface area (Å²) in [6, 6.07) is 9.56. The smallest absolute Gasteiger partial charge is 0.252 e. The molecule has 0 aliphatic carbocycles. The zero-order valence-electron chi connectivity index (χ0n) is 16.3. The number of nitrogens with zero attached hydrogens (tertiary/aromatic N) is 4. The number of nitrogens with one attached hydrogen (secondary N) is 2. The summed E-state index contributed by atoms with van der Waals surface area (Å²) in [5.41, 5.74) is 5.15. The van der Waals surface area contributed by atoms with E-state index in [1.807, 2.05) is 46.6 Å². The molecule has 0 unspecified atom stereocenters. The van der Waals surface area contributed by atoms with Crippen LogP contribution in [0.3, 0.4) is 0 Å². The average molecular weight is 418 g/mol. The number of carbonyl (C=O) groups excluding carboxylic acids is 1. The summed E-state index contributed by atoms with van der Waals surface area (Å²) in [5.74, 6) is 1.02. The molecule has 8 nitrogen and oxygen atoms in total. The van der Waals surface area contributed by atoms with E-state index in [2.05, 4.69) is 20.6 Å². The zero-order chi connectivity index (χ0) is 20.7. The van der Waals surface area contributed by atoms with Crippen LogP contribution in [0.1, 0.15) is 15.9 Å². The second kappa shape index (κ2) is 7.27. The van der Waals surface area contributed by atoms with Gasteiger partial charge in [0.15, 0.2) is 11.3 Å². The number of imidazole rings is 1. The quantitative estimate of drug-likeness (QED) is 0.450. The number of thiophene rings is 1. The number of amides is 1. The van der Waals surface area contributed by atoms with E-state index in [4.69, 9.17) is 9.40 Å². The van der Waals surface area contributed by atoms with Gasteiger partial charge in [-0.05, 0) is 29.1 Å². The van der Waals surface area contributed by atoms with E-state index < -0.39 is 0 Å². The number of fused-ring (bicyclic) bond motifs is 3. The third-order valence-corrected chi connectivity index (χ3v) is 5.54. The Morgan fingerprint density at radius 1 is 1.23 bits per heavy atom. The predicted octanol–water partition coefficient (Wildman–Crippen LogP) is 3.81. The van der Waals surface area contributed by atoms with Crippen LogP contribution in [0.4, 0.5) is 5.82 Å². The number of aryl methyl sites for hydroxylation is 1. The zero-order valence-corrected chi connectivity index (χ0v) is 17.2. The number of aromatic nitrogens is 4. The lowest BCUT2D eigenvalue weighted by atomic mass is 10.1. The van der Waals surface area contributed by atoms with Crippen molar-refractivity contribution in [3.05, 3.63) is 58.5 Å². The molecule has 0 radical (unpaired) electrons. The van der Waals surface area contributed by atoms with Crippen molar-refractivity contribution in [2.24, 2.45) is 7.05 Å². The topological polar surface area (TPSA) is 97.9 Å². The molecule has 1 aromatic carbocycles. The molecule has 9 heteroatoms. The van der Waals surface area contributed by atoms with Crippen molar-refractivity contribution in [2.45, 2.75) is 6.54 Å². The standard InChI is InChI=1S/C21H18N6O2S/c1-22-18-15-17(27(2)11-24-15)16-21(26-18)29-20(25-16)13-5-3-4-12(8-13)9-23-19(28)14-6-7-30-10-14/h3-8,10-11H,9H2,1-2H3,(H,22,26)(H,23,28). The van der Waals surface area contributed by atoms with Crippen LogP contribution in [0.2, 0.25) is 0 Å². The largest absolute Gasteiger partial charge is 0.418 e. The number of hydrogen-bond donors (Lipinski definition) is 2. The third-order valence-electron chi connectivity index (χ3n) is 4.86. The first kappa shape index (κ1) is 18.3. The van der Waals surface area contributed by atoms with Gasteiger partial charge in [0.1, 0.15) is 11.0 Å². The van der Waals surface area contributed by atoms with E-state index in [0.29, 0.717) is 35.0 Å². The normalized spacial score (nSPS) is 11.3. The first-order valence-corrected chi connectivity index (χ1v) is 10.3. The Morgan fingerprint density at radius 3 is 2.93 bits per heavy atom. The number of anilines is 1. The Hall–Kier alpha value is -3.72. The van der Waals surface area contributed by atoms with Gasteiger partial charge in [-0.2, -0.15) is 16.3 Å². The molecule has 0 bridgehead atoms. The van der Waals surface area contributed by atoms with Gasteiger partial charge in [-0.15, -0.1) is 0 Å². The van der Waals surface area contributed by atoms with Crippen molar-refractivity contribution in [2.75, 3.05) is 12.4 Å².